The van der Waals surface area contributed by atoms with Crippen molar-refractivity contribution < 1.29 is 13.2 Å². The number of halogens is 1. The number of rotatable bonds is 3. The van der Waals surface area contributed by atoms with E-state index in [4.69, 9.17) is 11.6 Å². The van der Waals surface area contributed by atoms with E-state index < -0.39 is 21.1 Å². The lowest BCUT2D eigenvalue weighted by Crippen LogP contribution is -2.38. The van der Waals surface area contributed by atoms with Crippen molar-refractivity contribution >= 4 is 27.3 Å². The summed E-state index contributed by atoms with van der Waals surface area (Å²) in [6, 6.07) is 8.29. The standard InChI is InChI=1S/C17H20ClN3O3S/c1-13(21-9-4-8-19-21)17(22)20-10-7-16(25(23,24)12-11-20)14-5-2-3-6-15(14)18/h2-6,8-9,13,16H,7,10-12H2,1H3. The summed E-state index contributed by atoms with van der Waals surface area (Å²) in [7, 11) is -3.38. The quantitative estimate of drug-likeness (QED) is 0.818. The first-order valence-electron chi connectivity index (χ1n) is 8.14. The fourth-order valence-corrected chi connectivity index (χ4v) is 5.29. The molecule has 2 aromatic rings. The molecule has 1 aromatic heterocycles. The molecule has 2 unspecified atom stereocenters. The van der Waals surface area contributed by atoms with Crippen LogP contribution in [0.15, 0.2) is 42.7 Å². The summed E-state index contributed by atoms with van der Waals surface area (Å²) in [5, 5.41) is 3.86. The zero-order valence-corrected chi connectivity index (χ0v) is 15.4. The van der Waals surface area contributed by atoms with Gasteiger partial charge in [-0.3, -0.25) is 9.48 Å². The van der Waals surface area contributed by atoms with E-state index in [2.05, 4.69) is 5.10 Å². The normalized spacial score (nSPS) is 21.5. The first kappa shape index (κ1) is 17.9. The molecule has 0 radical (unpaired) electrons. The van der Waals surface area contributed by atoms with E-state index in [1.165, 1.54) is 0 Å². The highest BCUT2D eigenvalue weighted by atomic mass is 35.5. The summed E-state index contributed by atoms with van der Waals surface area (Å²) < 4.78 is 27.0. The van der Waals surface area contributed by atoms with Crippen LogP contribution in [0.3, 0.4) is 0 Å². The number of nitrogens with zero attached hydrogens (tertiary/aromatic N) is 3. The third-order valence-corrected chi connectivity index (χ3v) is 7.04. The summed E-state index contributed by atoms with van der Waals surface area (Å²) in [4.78, 5) is 14.3. The average Bonchev–Trinajstić information content (AvgIpc) is 3.07. The number of amides is 1. The van der Waals surface area contributed by atoms with Crippen molar-refractivity contribution in [3.63, 3.8) is 0 Å². The van der Waals surface area contributed by atoms with Gasteiger partial charge in [0.15, 0.2) is 9.84 Å². The molecule has 0 spiro atoms. The van der Waals surface area contributed by atoms with Gasteiger partial charge in [-0.1, -0.05) is 29.8 Å². The van der Waals surface area contributed by atoms with Crippen molar-refractivity contribution in [2.45, 2.75) is 24.6 Å². The van der Waals surface area contributed by atoms with Gasteiger partial charge in [0.05, 0.1) is 11.0 Å². The van der Waals surface area contributed by atoms with Gasteiger partial charge in [0, 0.05) is 30.5 Å². The Hall–Kier alpha value is -1.86. The Morgan fingerprint density at radius 1 is 1.28 bits per heavy atom. The summed E-state index contributed by atoms with van der Waals surface area (Å²) in [5.41, 5.74) is 0.610. The molecule has 1 fully saturated rings. The van der Waals surface area contributed by atoms with Crippen LogP contribution in [0.2, 0.25) is 5.02 Å². The molecule has 2 heterocycles. The predicted molar refractivity (Wildman–Crippen MR) is 96.1 cm³/mol. The van der Waals surface area contributed by atoms with Gasteiger partial charge in [-0.05, 0) is 31.0 Å². The first-order valence-corrected chi connectivity index (χ1v) is 10.2. The van der Waals surface area contributed by atoms with E-state index in [0.717, 1.165) is 0 Å². The smallest absolute Gasteiger partial charge is 0.247 e. The highest BCUT2D eigenvalue weighted by Gasteiger charge is 2.34. The van der Waals surface area contributed by atoms with Crippen LogP contribution in [0.4, 0.5) is 0 Å². The van der Waals surface area contributed by atoms with Crippen LogP contribution in [0.5, 0.6) is 0 Å². The summed E-state index contributed by atoms with van der Waals surface area (Å²) in [5.74, 6) is -0.195. The van der Waals surface area contributed by atoms with E-state index in [1.54, 1.807) is 59.2 Å². The molecule has 0 N–H and O–H groups in total. The third-order valence-electron chi connectivity index (χ3n) is 4.58. The second-order valence-electron chi connectivity index (χ2n) is 6.15. The number of benzene rings is 1. The zero-order valence-electron chi connectivity index (χ0n) is 13.9. The van der Waals surface area contributed by atoms with Crippen molar-refractivity contribution in [2.75, 3.05) is 18.8 Å². The Bertz CT molecular complexity index is 852. The number of sulfone groups is 1. The van der Waals surface area contributed by atoms with Gasteiger partial charge in [0.25, 0.3) is 0 Å². The van der Waals surface area contributed by atoms with Crippen molar-refractivity contribution in [1.29, 1.82) is 0 Å². The molecule has 1 saturated heterocycles. The second kappa shape index (κ2) is 7.17. The van der Waals surface area contributed by atoms with E-state index in [9.17, 15) is 13.2 Å². The second-order valence-corrected chi connectivity index (χ2v) is 8.86. The summed E-state index contributed by atoms with van der Waals surface area (Å²) in [6.07, 6.45) is 3.68. The lowest BCUT2D eigenvalue weighted by atomic mass is 10.1. The van der Waals surface area contributed by atoms with Crippen LogP contribution >= 0.6 is 11.6 Å². The van der Waals surface area contributed by atoms with Gasteiger partial charge in [-0.15, -0.1) is 0 Å². The topological polar surface area (TPSA) is 72.3 Å². The molecular formula is C17H20ClN3O3S. The maximum absolute atomic E-state index is 12.7. The zero-order chi connectivity index (χ0) is 18.0. The van der Waals surface area contributed by atoms with Crippen molar-refractivity contribution in [2.24, 2.45) is 0 Å². The lowest BCUT2D eigenvalue weighted by molar-refractivity contribution is -0.134. The van der Waals surface area contributed by atoms with Crippen molar-refractivity contribution in [3.8, 4) is 0 Å². The molecule has 1 aliphatic heterocycles. The Kier molecular flexibility index (Phi) is 5.15. The maximum Gasteiger partial charge on any atom is 0.247 e. The molecule has 1 amide bonds. The van der Waals surface area contributed by atoms with E-state index in [0.29, 0.717) is 23.6 Å². The first-order chi connectivity index (χ1) is 11.9. The molecule has 1 aliphatic rings. The molecule has 134 valence electrons. The fourth-order valence-electron chi connectivity index (χ4n) is 3.14. The lowest BCUT2D eigenvalue weighted by Gasteiger charge is -2.24. The number of carbonyl (C=O) groups is 1. The monoisotopic (exact) mass is 381 g/mol. The van der Waals surface area contributed by atoms with E-state index in [1.807, 2.05) is 0 Å². The van der Waals surface area contributed by atoms with Gasteiger partial charge in [0.2, 0.25) is 5.91 Å². The fraction of sp³-hybridized carbons (Fsp3) is 0.412. The molecule has 1 aromatic carbocycles. The average molecular weight is 382 g/mol. The molecule has 6 nitrogen and oxygen atoms in total. The maximum atomic E-state index is 12.7. The number of carbonyl (C=O) groups excluding carboxylic acids is 1. The molecule has 3 rings (SSSR count). The van der Waals surface area contributed by atoms with Crippen molar-refractivity contribution in [1.82, 2.24) is 14.7 Å². The number of aromatic nitrogens is 2. The Labute approximate surface area is 152 Å². The molecule has 25 heavy (non-hydrogen) atoms. The SMILES string of the molecule is CC(C(=O)N1CCC(c2ccccc2Cl)S(=O)(=O)CC1)n1cccn1. The summed E-state index contributed by atoms with van der Waals surface area (Å²) >= 11 is 6.20. The summed E-state index contributed by atoms with van der Waals surface area (Å²) in [6.45, 7) is 2.33. The molecule has 2 atom stereocenters. The van der Waals surface area contributed by atoms with Gasteiger partial charge in [-0.25, -0.2) is 8.42 Å². The largest absolute Gasteiger partial charge is 0.340 e. The molecule has 0 aliphatic carbocycles. The van der Waals surface area contributed by atoms with E-state index >= 15 is 0 Å². The number of hydrogen-bond acceptors (Lipinski definition) is 4. The molecule has 8 heteroatoms. The van der Waals surface area contributed by atoms with Crippen LogP contribution < -0.4 is 0 Å². The Morgan fingerprint density at radius 3 is 2.72 bits per heavy atom. The van der Waals surface area contributed by atoms with Crippen LogP contribution in [-0.4, -0.2) is 47.8 Å². The van der Waals surface area contributed by atoms with Crippen molar-refractivity contribution in [3.05, 3.63) is 53.3 Å². The third kappa shape index (κ3) is 3.72. The Balaban J connectivity index is 1.81. The van der Waals surface area contributed by atoms with Crippen LogP contribution in [0, 0.1) is 0 Å². The van der Waals surface area contributed by atoms with Crippen LogP contribution in [0.1, 0.15) is 30.2 Å². The minimum atomic E-state index is -3.38. The molecule has 0 bridgehead atoms. The Morgan fingerprint density at radius 2 is 2.04 bits per heavy atom. The number of hydrogen-bond donors (Lipinski definition) is 0. The highest BCUT2D eigenvalue weighted by molar-refractivity contribution is 7.91. The van der Waals surface area contributed by atoms with Gasteiger partial charge in [0.1, 0.15) is 6.04 Å². The van der Waals surface area contributed by atoms with Crippen LogP contribution in [-0.2, 0) is 14.6 Å². The van der Waals surface area contributed by atoms with E-state index in [-0.39, 0.29) is 18.2 Å². The van der Waals surface area contributed by atoms with Gasteiger partial charge < -0.3 is 4.90 Å². The molecule has 0 saturated carbocycles. The van der Waals surface area contributed by atoms with Crippen LogP contribution in [0.25, 0.3) is 0 Å². The van der Waals surface area contributed by atoms with Gasteiger partial charge in [-0.2, -0.15) is 5.10 Å². The minimum absolute atomic E-state index is 0.0690. The minimum Gasteiger partial charge on any atom is -0.340 e. The molecular weight excluding hydrogens is 362 g/mol. The highest BCUT2D eigenvalue weighted by Crippen LogP contribution is 2.34. The van der Waals surface area contributed by atoms with Gasteiger partial charge >= 0.3 is 0 Å². The predicted octanol–water partition coefficient (Wildman–Crippen LogP) is 2.49.